The Balaban J connectivity index is 2.24. The summed E-state index contributed by atoms with van der Waals surface area (Å²) < 4.78 is 60.2. The van der Waals surface area contributed by atoms with Crippen molar-refractivity contribution in [2.75, 3.05) is 0 Å². The van der Waals surface area contributed by atoms with Gasteiger partial charge in [-0.05, 0) is 43.5 Å². The summed E-state index contributed by atoms with van der Waals surface area (Å²) in [6, 6.07) is 7.96. The number of fused-ring (bicyclic) bond motifs is 3. The lowest BCUT2D eigenvalue weighted by Crippen LogP contribution is -2.17. The van der Waals surface area contributed by atoms with Crippen LogP contribution in [0.4, 0.5) is 17.6 Å². The molecule has 126 valence electrons. The number of ether oxygens (including phenoxy) is 2. The van der Waals surface area contributed by atoms with E-state index in [1.54, 1.807) is 19.9 Å². The first kappa shape index (κ1) is 16.3. The first-order valence-corrected chi connectivity index (χ1v) is 7.18. The third kappa shape index (κ3) is 3.34. The highest BCUT2D eigenvalue weighted by Crippen LogP contribution is 2.34. The normalized spacial score (nSPS) is 12.1. The standard InChI is InChI=1S/C17H13F4NO2/c1-9(2)23-16-14-7-10(18)3-5-12(14)13-6-4-11(8-15(13)22-16)24-17(19,20)21/h3-9H,1-2H3. The highest BCUT2D eigenvalue weighted by molar-refractivity contribution is 6.08. The summed E-state index contributed by atoms with van der Waals surface area (Å²) >= 11 is 0. The third-order valence-electron chi connectivity index (χ3n) is 3.27. The van der Waals surface area contributed by atoms with Crippen LogP contribution in [0.1, 0.15) is 13.8 Å². The molecule has 0 N–H and O–H groups in total. The van der Waals surface area contributed by atoms with Gasteiger partial charge in [0.2, 0.25) is 5.88 Å². The van der Waals surface area contributed by atoms with Gasteiger partial charge in [0.15, 0.2) is 0 Å². The van der Waals surface area contributed by atoms with Gasteiger partial charge < -0.3 is 9.47 Å². The molecule has 0 aliphatic heterocycles. The van der Waals surface area contributed by atoms with Crippen molar-refractivity contribution in [2.45, 2.75) is 26.3 Å². The summed E-state index contributed by atoms with van der Waals surface area (Å²) in [5.41, 5.74) is 0.270. The van der Waals surface area contributed by atoms with Crippen molar-refractivity contribution < 1.29 is 27.0 Å². The Morgan fingerprint density at radius 2 is 1.67 bits per heavy atom. The van der Waals surface area contributed by atoms with E-state index in [1.807, 2.05) is 0 Å². The van der Waals surface area contributed by atoms with Gasteiger partial charge in [-0.25, -0.2) is 9.37 Å². The Bertz CT molecular complexity index is 906. The molecule has 0 saturated heterocycles. The Morgan fingerprint density at radius 3 is 2.33 bits per heavy atom. The van der Waals surface area contributed by atoms with Crippen molar-refractivity contribution in [1.29, 1.82) is 0 Å². The van der Waals surface area contributed by atoms with E-state index in [0.29, 0.717) is 16.2 Å². The van der Waals surface area contributed by atoms with Gasteiger partial charge in [0.1, 0.15) is 11.6 Å². The van der Waals surface area contributed by atoms with E-state index in [4.69, 9.17) is 4.74 Å². The number of hydrogen-bond acceptors (Lipinski definition) is 3. The molecule has 2 aromatic carbocycles. The fourth-order valence-corrected chi connectivity index (χ4v) is 2.44. The van der Waals surface area contributed by atoms with E-state index < -0.39 is 12.2 Å². The van der Waals surface area contributed by atoms with Crippen LogP contribution >= 0.6 is 0 Å². The first-order valence-electron chi connectivity index (χ1n) is 7.18. The van der Waals surface area contributed by atoms with Crippen LogP contribution in [0.15, 0.2) is 36.4 Å². The number of benzene rings is 2. The van der Waals surface area contributed by atoms with Gasteiger partial charge in [0.05, 0.1) is 11.6 Å². The minimum absolute atomic E-state index is 0.163. The van der Waals surface area contributed by atoms with Crippen molar-refractivity contribution in [1.82, 2.24) is 4.98 Å². The smallest absolute Gasteiger partial charge is 0.474 e. The molecule has 0 amide bonds. The number of nitrogens with zero attached hydrogens (tertiary/aromatic N) is 1. The van der Waals surface area contributed by atoms with Crippen molar-refractivity contribution in [3.63, 3.8) is 0 Å². The molecular formula is C17H13F4NO2. The Hall–Kier alpha value is -2.57. The lowest BCUT2D eigenvalue weighted by atomic mass is 10.1. The number of hydrogen-bond donors (Lipinski definition) is 0. The Kier molecular flexibility index (Phi) is 3.95. The second-order valence-corrected chi connectivity index (χ2v) is 5.50. The van der Waals surface area contributed by atoms with Crippen molar-refractivity contribution >= 4 is 21.7 Å². The number of alkyl halides is 3. The molecule has 0 bridgehead atoms. The molecule has 3 nitrogen and oxygen atoms in total. The van der Waals surface area contributed by atoms with Crippen LogP contribution in [0.3, 0.4) is 0 Å². The maximum Gasteiger partial charge on any atom is 0.573 e. The zero-order valence-electron chi connectivity index (χ0n) is 12.8. The minimum Gasteiger partial charge on any atom is -0.474 e. The second-order valence-electron chi connectivity index (χ2n) is 5.50. The van der Waals surface area contributed by atoms with Crippen LogP contribution in [-0.2, 0) is 0 Å². The van der Waals surface area contributed by atoms with Crippen molar-refractivity contribution in [3.8, 4) is 11.6 Å². The maximum absolute atomic E-state index is 13.6. The molecule has 24 heavy (non-hydrogen) atoms. The Morgan fingerprint density at radius 1 is 0.958 bits per heavy atom. The predicted octanol–water partition coefficient (Wildman–Crippen LogP) is 5.21. The summed E-state index contributed by atoms with van der Waals surface area (Å²) in [5, 5.41) is 1.67. The van der Waals surface area contributed by atoms with Gasteiger partial charge in [-0.1, -0.05) is 6.07 Å². The van der Waals surface area contributed by atoms with Crippen LogP contribution in [-0.4, -0.2) is 17.5 Å². The molecule has 0 aliphatic carbocycles. The maximum atomic E-state index is 13.6. The van der Waals surface area contributed by atoms with Gasteiger partial charge in [-0.2, -0.15) is 0 Å². The summed E-state index contributed by atoms with van der Waals surface area (Å²) in [6.07, 6.45) is -5.01. The molecule has 0 unspecified atom stereocenters. The van der Waals surface area contributed by atoms with Gasteiger partial charge in [0, 0.05) is 16.8 Å². The number of halogens is 4. The van der Waals surface area contributed by atoms with Crippen molar-refractivity contribution in [2.24, 2.45) is 0 Å². The molecule has 0 aliphatic rings. The van der Waals surface area contributed by atoms with Crippen LogP contribution in [0, 0.1) is 5.82 Å². The minimum atomic E-state index is -4.79. The van der Waals surface area contributed by atoms with Gasteiger partial charge >= 0.3 is 6.36 Å². The van der Waals surface area contributed by atoms with E-state index >= 15 is 0 Å². The summed E-state index contributed by atoms with van der Waals surface area (Å²) in [6.45, 7) is 3.56. The molecule has 3 rings (SSSR count). The molecule has 0 radical (unpaired) electrons. The average Bonchev–Trinajstić information content (AvgIpc) is 2.45. The van der Waals surface area contributed by atoms with Crippen LogP contribution in [0.25, 0.3) is 21.7 Å². The predicted molar refractivity (Wildman–Crippen MR) is 81.7 cm³/mol. The molecule has 1 heterocycles. The van der Waals surface area contributed by atoms with E-state index in [2.05, 4.69) is 9.72 Å². The Labute approximate surface area is 134 Å². The molecule has 7 heteroatoms. The largest absolute Gasteiger partial charge is 0.573 e. The molecule has 0 spiro atoms. The monoisotopic (exact) mass is 339 g/mol. The van der Waals surface area contributed by atoms with Crippen molar-refractivity contribution in [3.05, 3.63) is 42.2 Å². The average molecular weight is 339 g/mol. The lowest BCUT2D eigenvalue weighted by Gasteiger charge is -2.14. The summed E-state index contributed by atoms with van der Waals surface area (Å²) in [4.78, 5) is 4.24. The topological polar surface area (TPSA) is 31.4 Å². The van der Waals surface area contributed by atoms with E-state index in [-0.39, 0.29) is 23.3 Å². The molecule has 1 aromatic heterocycles. The summed E-state index contributed by atoms with van der Waals surface area (Å²) in [5.74, 6) is -0.662. The highest BCUT2D eigenvalue weighted by Gasteiger charge is 2.31. The molecule has 0 saturated carbocycles. The van der Waals surface area contributed by atoms with Crippen LogP contribution in [0.5, 0.6) is 11.6 Å². The van der Waals surface area contributed by atoms with E-state index in [9.17, 15) is 17.6 Å². The number of pyridine rings is 1. The first-order chi connectivity index (χ1) is 11.2. The third-order valence-corrected chi connectivity index (χ3v) is 3.27. The second kappa shape index (κ2) is 5.81. The molecule has 3 aromatic rings. The zero-order valence-corrected chi connectivity index (χ0v) is 12.8. The van der Waals surface area contributed by atoms with Crippen LogP contribution in [0.2, 0.25) is 0 Å². The van der Waals surface area contributed by atoms with Gasteiger partial charge in [0.25, 0.3) is 0 Å². The molecular weight excluding hydrogens is 326 g/mol. The molecule has 0 fully saturated rings. The zero-order chi connectivity index (χ0) is 17.5. The number of aromatic nitrogens is 1. The molecule has 0 atom stereocenters. The fourth-order valence-electron chi connectivity index (χ4n) is 2.44. The number of rotatable bonds is 3. The lowest BCUT2D eigenvalue weighted by molar-refractivity contribution is -0.274. The fraction of sp³-hybridized carbons (Fsp3) is 0.235. The highest BCUT2D eigenvalue weighted by atomic mass is 19.4. The van der Waals surface area contributed by atoms with E-state index in [0.717, 1.165) is 0 Å². The SMILES string of the molecule is CC(C)Oc1nc2cc(OC(F)(F)F)ccc2c2ccc(F)cc12. The van der Waals surface area contributed by atoms with Gasteiger partial charge in [-0.3, -0.25) is 0 Å². The van der Waals surface area contributed by atoms with Gasteiger partial charge in [-0.15, -0.1) is 13.2 Å². The summed E-state index contributed by atoms with van der Waals surface area (Å²) in [7, 11) is 0. The van der Waals surface area contributed by atoms with E-state index in [1.165, 1.54) is 30.3 Å². The van der Waals surface area contributed by atoms with Crippen LogP contribution < -0.4 is 9.47 Å². The quantitative estimate of drug-likeness (QED) is 0.485.